The van der Waals surface area contributed by atoms with Crippen molar-refractivity contribution in [3.63, 3.8) is 0 Å². The number of nitrogens with zero attached hydrogens (tertiary/aromatic N) is 1. The molecule has 1 N–H and O–H groups in total. The molecule has 0 spiro atoms. The molecule has 2 aromatic rings. The summed E-state index contributed by atoms with van der Waals surface area (Å²) in [5.74, 6) is 0.324. The fourth-order valence-corrected chi connectivity index (χ4v) is 2.31. The lowest BCUT2D eigenvalue weighted by molar-refractivity contribution is 0.173. The molecule has 0 aliphatic carbocycles. The monoisotopic (exact) mass is 278 g/mol. The summed E-state index contributed by atoms with van der Waals surface area (Å²) in [6, 6.07) is 8.49. The third-order valence-corrected chi connectivity index (χ3v) is 3.31. The number of fused-ring (bicyclic) bond motifs is 1. The first kappa shape index (κ1) is 12.2. The van der Waals surface area contributed by atoms with Crippen LogP contribution in [-0.4, -0.2) is 11.0 Å². The van der Waals surface area contributed by atoms with E-state index in [1.165, 1.54) is 12.3 Å². The molecule has 98 valence electrons. The Morgan fingerprint density at radius 1 is 1.32 bits per heavy atom. The van der Waals surface area contributed by atoms with E-state index in [1.54, 1.807) is 18.2 Å². The van der Waals surface area contributed by atoms with Crippen molar-refractivity contribution in [1.29, 1.82) is 0 Å². The standard InChI is InChI=1S/C14H12ClFN2O/c1-8-14(12-5-3-10(16)7-17-12)19-13-6-9(15)2-4-11(13)18-8/h2-8,14,18H,1H3. The Balaban J connectivity index is 1.94. The van der Waals surface area contributed by atoms with Crippen LogP contribution in [0.1, 0.15) is 18.7 Å². The van der Waals surface area contributed by atoms with Gasteiger partial charge in [-0.15, -0.1) is 0 Å². The molecule has 2 unspecified atom stereocenters. The highest BCUT2D eigenvalue weighted by Gasteiger charge is 2.28. The van der Waals surface area contributed by atoms with Gasteiger partial charge < -0.3 is 10.1 Å². The van der Waals surface area contributed by atoms with E-state index in [2.05, 4.69) is 10.3 Å². The first-order valence-electron chi connectivity index (χ1n) is 5.98. The van der Waals surface area contributed by atoms with Gasteiger partial charge >= 0.3 is 0 Å². The summed E-state index contributed by atoms with van der Waals surface area (Å²) in [6.45, 7) is 1.99. The Kier molecular flexibility index (Phi) is 3.03. The van der Waals surface area contributed by atoms with Gasteiger partial charge in [-0.2, -0.15) is 0 Å². The number of anilines is 1. The highest BCUT2D eigenvalue weighted by molar-refractivity contribution is 6.30. The molecule has 0 fully saturated rings. The largest absolute Gasteiger partial charge is 0.480 e. The third kappa shape index (κ3) is 2.36. The van der Waals surface area contributed by atoms with E-state index >= 15 is 0 Å². The maximum atomic E-state index is 12.9. The van der Waals surface area contributed by atoms with Crippen molar-refractivity contribution in [3.8, 4) is 5.75 Å². The zero-order chi connectivity index (χ0) is 13.4. The zero-order valence-electron chi connectivity index (χ0n) is 10.2. The van der Waals surface area contributed by atoms with Gasteiger partial charge in [-0.05, 0) is 31.2 Å². The first-order chi connectivity index (χ1) is 9.13. The number of aromatic nitrogens is 1. The van der Waals surface area contributed by atoms with E-state index in [1.807, 2.05) is 13.0 Å². The van der Waals surface area contributed by atoms with Crippen molar-refractivity contribution in [1.82, 2.24) is 4.98 Å². The molecule has 0 saturated carbocycles. The van der Waals surface area contributed by atoms with Crippen LogP contribution >= 0.6 is 11.6 Å². The maximum absolute atomic E-state index is 12.9. The molecule has 0 saturated heterocycles. The molecule has 3 nitrogen and oxygen atoms in total. The quantitative estimate of drug-likeness (QED) is 0.861. The Bertz CT molecular complexity index is 603. The molecule has 1 aliphatic rings. The smallest absolute Gasteiger partial charge is 0.160 e. The normalized spacial score (nSPS) is 21.2. The third-order valence-electron chi connectivity index (χ3n) is 3.08. The van der Waals surface area contributed by atoms with Crippen molar-refractivity contribution >= 4 is 17.3 Å². The van der Waals surface area contributed by atoms with Gasteiger partial charge in [-0.25, -0.2) is 4.39 Å². The molecule has 0 radical (unpaired) electrons. The lowest BCUT2D eigenvalue weighted by Gasteiger charge is -2.32. The highest BCUT2D eigenvalue weighted by atomic mass is 35.5. The number of halogens is 2. The topological polar surface area (TPSA) is 34.1 Å². The summed E-state index contributed by atoms with van der Waals surface area (Å²) < 4.78 is 18.8. The van der Waals surface area contributed by atoms with Gasteiger partial charge in [0, 0.05) is 11.1 Å². The lowest BCUT2D eigenvalue weighted by Crippen LogP contribution is -2.33. The molecule has 3 rings (SSSR count). The van der Waals surface area contributed by atoms with E-state index in [-0.39, 0.29) is 18.0 Å². The van der Waals surface area contributed by atoms with Crippen LogP contribution < -0.4 is 10.1 Å². The molecule has 1 aliphatic heterocycles. The fourth-order valence-electron chi connectivity index (χ4n) is 2.14. The van der Waals surface area contributed by atoms with Crippen molar-refractivity contribution in [2.24, 2.45) is 0 Å². The van der Waals surface area contributed by atoms with Gasteiger partial charge in [0.2, 0.25) is 0 Å². The number of hydrogen-bond acceptors (Lipinski definition) is 3. The number of benzene rings is 1. The Labute approximate surface area is 115 Å². The van der Waals surface area contributed by atoms with Crippen molar-refractivity contribution < 1.29 is 9.13 Å². The molecule has 2 heterocycles. The summed E-state index contributed by atoms with van der Waals surface area (Å²) in [7, 11) is 0. The zero-order valence-corrected chi connectivity index (χ0v) is 11.0. The van der Waals surface area contributed by atoms with Gasteiger partial charge in [0.05, 0.1) is 23.6 Å². The molecule has 1 aromatic carbocycles. The molecule has 1 aromatic heterocycles. The van der Waals surface area contributed by atoms with E-state index < -0.39 is 0 Å². The Hall–Kier alpha value is -1.81. The number of nitrogens with one attached hydrogen (secondary N) is 1. The number of ether oxygens (including phenoxy) is 1. The van der Waals surface area contributed by atoms with Crippen LogP contribution in [0.2, 0.25) is 5.02 Å². The summed E-state index contributed by atoms with van der Waals surface area (Å²) in [6.07, 6.45) is 0.922. The van der Waals surface area contributed by atoms with Crippen molar-refractivity contribution in [2.45, 2.75) is 19.1 Å². The van der Waals surface area contributed by atoms with E-state index in [0.717, 1.165) is 5.69 Å². The van der Waals surface area contributed by atoms with Gasteiger partial charge in [0.25, 0.3) is 0 Å². The number of rotatable bonds is 1. The average Bonchev–Trinajstić information content (AvgIpc) is 2.40. The van der Waals surface area contributed by atoms with Crippen LogP contribution in [0.3, 0.4) is 0 Å². The second-order valence-electron chi connectivity index (χ2n) is 4.51. The summed E-state index contributed by atoms with van der Waals surface area (Å²) in [4.78, 5) is 4.07. The first-order valence-corrected chi connectivity index (χ1v) is 6.35. The minimum absolute atomic E-state index is 0.0339. The van der Waals surface area contributed by atoms with Crippen LogP contribution in [0, 0.1) is 5.82 Å². The summed E-state index contributed by atoms with van der Waals surface area (Å²) in [5, 5.41) is 3.94. The molecule has 0 amide bonds. The van der Waals surface area contributed by atoms with E-state index in [4.69, 9.17) is 16.3 Å². The van der Waals surface area contributed by atoms with Gasteiger partial charge in [0.1, 0.15) is 11.6 Å². The predicted molar refractivity (Wildman–Crippen MR) is 72.1 cm³/mol. The minimum atomic E-state index is -0.358. The Morgan fingerprint density at radius 2 is 2.16 bits per heavy atom. The lowest BCUT2D eigenvalue weighted by atomic mass is 10.1. The van der Waals surface area contributed by atoms with Crippen molar-refractivity contribution in [2.75, 3.05) is 5.32 Å². The van der Waals surface area contributed by atoms with Gasteiger partial charge in [-0.1, -0.05) is 11.6 Å². The minimum Gasteiger partial charge on any atom is -0.480 e. The van der Waals surface area contributed by atoms with Gasteiger partial charge in [-0.3, -0.25) is 4.98 Å². The Morgan fingerprint density at radius 3 is 2.89 bits per heavy atom. The molecule has 0 bridgehead atoms. The maximum Gasteiger partial charge on any atom is 0.160 e. The van der Waals surface area contributed by atoms with Crippen LogP contribution in [-0.2, 0) is 0 Å². The second kappa shape index (κ2) is 4.70. The molecular weight excluding hydrogens is 267 g/mol. The molecule has 5 heteroatoms. The summed E-state index contributed by atoms with van der Waals surface area (Å²) in [5.41, 5.74) is 1.59. The molecular formula is C14H12ClFN2O. The van der Waals surface area contributed by atoms with E-state index in [0.29, 0.717) is 16.5 Å². The number of hydrogen-bond donors (Lipinski definition) is 1. The van der Waals surface area contributed by atoms with E-state index in [9.17, 15) is 4.39 Å². The second-order valence-corrected chi connectivity index (χ2v) is 4.95. The average molecular weight is 279 g/mol. The van der Waals surface area contributed by atoms with Crippen LogP contribution in [0.25, 0.3) is 0 Å². The van der Waals surface area contributed by atoms with Crippen LogP contribution in [0.4, 0.5) is 10.1 Å². The fraction of sp³-hybridized carbons (Fsp3) is 0.214. The summed E-state index contributed by atoms with van der Waals surface area (Å²) >= 11 is 5.95. The SMILES string of the molecule is CC1Nc2ccc(Cl)cc2OC1c1ccc(F)cn1. The molecule has 19 heavy (non-hydrogen) atoms. The van der Waals surface area contributed by atoms with Gasteiger partial charge in [0.15, 0.2) is 6.10 Å². The molecule has 2 atom stereocenters. The highest BCUT2D eigenvalue weighted by Crippen LogP contribution is 2.38. The van der Waals surface area contributed by atoms with Crippen LogP contribution in [0.15, 0.2) is 36.5 Å². The predicted octanol–water partition coefficient (Wildman–Crippen LogP) is 3.81. The van der Waals surface area contributed by atoms with Crippen molar-refractivity contribution in [3.05, 3.63) is 53.1 Å². The van der Waals surface area contributed by atoms with Crippen LogP contribution in [0.5, 0.6) is 5.75 Å². The number of pyridine rings is 1.